The summed E-state index contributed by atoms with van der Waals surface area (Å²) >= 11 is 0. The highest BCUT2D eigenvalue weighted by Gasteiger charge is 2.32. The third-order valence-corrected chi connectivity index (χ3v) is 6.78. The van der Waals surface area contributed by atoms with Gasteiger partial charge in [-0.15, -0.1) is 0 Å². The fourth-order valence-corrected chi connectivity index (χ4v) is 4.25. The number of nitriles is 1. The molecule has 0 atom stereocenters. The van der Waals surface area contributed by atoms with E-state index >= 15 is 0 Å². The first-order valence-electron chi connectivity index (χ1n) is 9.05. The Morgan fingerprint density at radius 3 is 2.15 bits per heavy atom. The van der Waals surface area contributed by atoms with E-state index in [1.165, 1.54) is 0 Å². The first-order valence-corrected chi connectivity index (χ1v) is 12.4. The molecule has 2 rings (SSSR count). The van der Waals surface area contributed by atoms with Crippen molar-refractivity contribution in [1.82, 2.24) is 5.32 Å². The van der Waals surface area contributed by atoms with Gasteiger partial charge in [-0.05, 0) is 48.9 Å². The molecule has 0 spiro atoms. The fraction of sp³-hybridized carbons (Fsp3) is 0.200. The number of carbonyl (C=O) groups excluding carboxylic acids is 1. The smallest absolute Gasteiger partial charge is 0.352 e. The van der Waals surface area contributed by atoms with Crippen molar-refractivity contribution in [2.24, 2.45) is 0 Å². The second-order valence-electron chi connectivity index (χ2n) is 6.83. The molecule has 2 aromatic rings. The SMILES string of the molecule is C=C(C#N)CCNC(=O)c1ccc(C(F)(F)F)cc1NS(=O)(=O)c1ccc(S(C)(=O)=O)cc1. The quantitative estimate of drug-likeness (QED) is 0.534. The maximum absolute atomic E-state index is 13.2. The van der Waals surface area contributed by atoms with Crippen LogP contribution in [0.3, 0.4) is 0 Å². The van der Waals surface area contributed by atoms with Crippen LogP contribution in [0.1, 0.15) is 22.3 Å². The van der Waals surface area contributed by atoms with Crippen molar-refractivity contribution in [3.05, 3.63) is 65.7 Å². The fourth-order valence-electron chi connectivity index (χ4n) is 2.55. The van der Waals surface area contributed by atoms with E-state index in [1.54, 1.807) is 6.07 Å². The van der Waals surface area contributed by atoms with Crippen molar-refractivity contribution in [2.45, 2.75) is 22.4 Å². The summed E-state index contributed by atoms with van der Waals surface area (Å²) in [4.78, 5) is 11.9. The lowest BCUT2D eigenvalue weighted by Crippen LogP contribution is -2.26. The molecule has 13 heteroatoms. The summed E-state index contributed by atoms with van der Waals surface area (Å²) in [6.45, 7) is 3.39. The second kappa shape index (κ2) is 9.63. The van der Waals surface area contributed by atoms with Crippen LogP contribution in [0, 0.1) is 11.3 Å². The van der Waals surface area contributed by atoms with Crippen LogP contribution < -0.4 is 10.0 Å². The van der Waals surface area contributed by atoms with Crippen molar-refractivity contribution < 1.29 is 34.8 Å². The molecule has 0 saturated carbocycles. The first kappa shape index (κ1) is 25.9. The summed E-state index contributed by atoms with van der Waals surface area (Å²) in [5.74, 6) is -0.875. The van der Waals surface area contributed by atoms with Gasteiger partial charge in [0, 0.05) is 18.4 Å². The number of amides is 1. The number of carbonyl (C=O) groups is 1. The van der Waals surface area contributed by atoms with E-state index < -0.39 is 48.1 Å². The lowest BCUT2D eigenvalue weighted by Gasteiger charge is -2.16. The Labute approximate surface area is 188 Å². The Hall–Kier alpha value is -3.37. The number of sulfonamides is 1. The monoisotopic (exact) mass is 501 g/mol. The normalized spacial score (nSPS) is 12.0. The molecule has 0 aliphatic rings. The summed E-state index contributed by atoms with van der Waals surface area (Å²) in [6, 6.07) is 7.71. The summed E-state index contributed by atoms with van der Waals surface area (Å²) in [5, 5.41) is 11.1. The maximum Gasteiger partial charge on any atom is 0.416 e. The zero-order valence-corrected chi connectivity index (χ0v) is 18.7. The Kier molecular flexibility index (Phi) is 7.56. The predicted octanol–water partition coefficient (Wildman–Crippen LogP) is 3.11. The Morgan fingerprint density at radius 2 is 1.64 bits per heavy atom. The summed E-state index contributed by atoms with van der Waals surface area (Å²) in [5.41, 5.74) is -2.04. The predicted molar refractivity (Wildman–Crippen MR) is 114 cm³/mol. The van der Waals surface area contributed by atoms with E-state index in [-0.39, 0.29) is 29.0 Å². The Bertz CT molecular complexity index is 1330. The molecule has 0 fully saturated rings. The Balaban J connectivity index is 2.42. The number of anilines is 1. The maximum atomic E-state index is 13.2. The highest BCUT2D eigenvalue weighted by atomic mass is 32.2. The number of rotatable bonds is 8. The molecular formula is C20H18F3N3O5S2. The van der Waals surface area contributed by atoms with Gasteiger partial charge < -0.3 is 5.32 Å². The van der Waals surface area contributed by atoms with Crippen LogP contribution in [0.15, 0.2) is 64.4 Å². The van der Waals surface area contributed by atoms with Crippen LogP contribution in [0.25, 0.3) is 0 Å². The number of alkyl halides is 3. The van der Waals surface area contributed by atoms with E-state index in [2.05, 4.69) is 11.9 Å². The number of hydrogen-bond acceptors (Lipinski definition) is 6. The van der Waals surface area contributed by atoms with Gasteiger partial charge in [-0.1, -0.05) is 6.58 Å². The van der Waals surface area contributed by atoms with Crippen molar-refractivity contribution in [1.29, 1.82) is 5.26 Å². The average Bonchev–Trinajstić information content (AvgIpc) is 2.72. The molecule has 0 aromatic heterocycles. The standard InChI is InChI=1S/C20H18F3N3O5S2/c1-13(12-24)9-10-25-19(27)17-8-3-14(20(21,22)23)11-18(17)26-33(30,31)16-6-4-15(5-7-16)32(2,28)29/h3-8,11,26H,1,9-10H2,2H3,(H,25,27). The van der Waals surface area contributed by atoms with E-state index in [0.29, 0.717) is 12.1 Å². The molecule has 0 saturated heterocycles. The molecule has 1 amide bonds. The van der Waals surface area contributed by atoms with Gasteiger partial charge in [-0.3, -0.25) is 9.52 Å². The minimum absolute atomic E-state index is 0.0502. The van der Waals surface area contributed by atoms with Crippen LogP contribution in [-0.2, 0) is 26.0 Å². The zero-order chi connectivity index (χ0) is 25.0. The first-order chi connectivity index (χ1) is 15.1. The van der Waals surface area contributed by atoms with Crippen LogP contribution in [0.2, 0.25) is 0 Å². The number of hydrogen-bond donors (Lipinski definition) is 2. The lowest BCUT2D eigenvalue weighted by molar-refractivity contribution is -0.137. The minimum Gasteiger partial charge on any atom is -0.352 e. The van der Waals surface area contributed by atoms with Crippen LogP contribution in [0.5, 0.6) is 0 Å². The van der Waals surface area contributed by atoms with Gasteiger partial charge in [-0.25, -0.2) is 16.8 Å². The molecule has 8 nitrogen and oxygen atoms in total. The molecule has 176 valence electrons. The summed E-state index contributed by atoms with van der Waals surface area (Å²) in [6.07, 6.45) is -3.79. The van der Waals surface area contributed by atoms with Crippen molar-refractivity contribution in [3.63, 3.8) is 0 Å². The molecule has 0 bridgehead atoms. The van der Waals surface area contributed by atoms with E-state index in [9.17, 15) is 34.8 Å². The van der Waals surface area contributed by atoms with Gasteiger partial charge in [0.15, 0.2) is 9.84 Å². The molecule has 0 aliphatic heterocycles. The van der Waals surface area contributed by atoms with Gasteiger partial charge in [-0.2, -0.15) is 18.4 Å². The number of sulfone groups is 1. The van der Waals surface area contributed by atoms with Crippen molar-refractivity contribution in [3.8, 4) is 6.07 Å². The Morgan fingerprint density at radius 1 is 1.06 bits per heavy atom. The third kappa shape index (κ3) is 6.80. The highest BCUT2D eigenvalue weighted by molar-refractivity contribution is 7.92. The summed E-state index contributed by atoms with van der Waals surface area (Å²) < 4.78 is 90.0. The number of benzene rings is 2. The van der Waals surface area contributed by atoms with Crippen molar-refractivity contribution >= 4 is 31.5 Å². The van der Waals surface area contributed by atoms with E-state index in [1.807, 2.05) is 4.72 Å². The molecule has 33 heavy (non-hydrogen) atoms. The second-order valence-corrected chi connectivity index (χ2v) is 10.5. The topological polar surface area (TPSA) is 133 Å². The zero-order valence-electron chi connectivity index (χ0n) is 17.1. The van der Waals surface area contributed by atoms with Gasteiger partial charge in [0.05, 0.1) is 32.7 Å². The molecule has 2 N–H and O–H groups in total. The average molecular weight is 502 g/mol. The van der Waals surface area contributed by atoms with Crippen LogP contribution in [-0.4, -0.2) is 35.5 Å². The number of halogens is 3. The molecule has 0 aliphatic carbocycles. The number of nitrogens with one attached hydrogen (secondary N) is 2. The van der Waals surface area contributed by atoms with Gasteiger partial charge in [0.1, 0.15) is 0 Å². The van der Waals surface area contributed by atoms with Gasteiger partial charge in [0.2, 0.25) is 0 Å². The van der Waals surface area contributed by atoms with Gasteiger partial charge in [0.25, 0.3) is 15.9 Å². The highest BCUT2D eigenvalue weighted by Crippen LogP contribution is 2.33. The lowest BCUT2D eigenvalue weighted by atomic mass is 10.1. The van der Waals surface area contributed by atoms with Crippen LogP contribution >= 0.6 is 0 Å². The largest absolute Gasteiger partial charge is 0.416 e. The molecular weight excluding hydrogens is 483 g/mol. The van der Waals surface area contributed by atoms with Crippen LogP contribution in [0.4, 0.5) is 18.9 Å². The number of nitrogens with zero attached hydrogens (tertiary/aromatic N) is 1. The van der Waals surface area contributed by atoms with Gasteiger partial charge >= 0.3 is 6.18 Å². The molecule has 0 heterocycles. The molecule has 0 radical (unpaired) electrons. The van der Waals surface area contributed by atoms with E-state index in [4.69, 9.17) is 5.26 Å². The third-order valence-electron chi connectivity index (χ3n) is 4.27. The molecule has 0 unspecified atom stereocenters. The van der Waals surface area contributed by atoms with E-state index in [0.717, 1.165) is 36.6 Å². The minimum atomic E-state index is -4.81. The van der Waals surface area contributed by atoms with Crippen molar-refractivity contribution in [2.75, 3.05) is 17.5 Å². The molecule has 2 aromatic carbocycles. The summed E-state index contributed by atoms with van der Waals surface area (Å²) in [7, 11) is -8.08.